The molecule has 8 nitrogen and oxygen atoms in total. The summed E-state index contributed by atoms with van der Waals surface area (Å²) in [5, 5.41) is 10.7. The molecular formula is C25H31NO7. The smallest absolute Gasteiger partial charge is 0.319 e. The Morgan fingerprint density at radius 2 is 1.79 bits per heavy atom. The largest absolute Gasteiger partial charge is 0.489 e. The Balaban J connectivity index is 1.36. The van der Waals surface area contributed by atoms with Gasteiger partial charge in [-0.05, 0) is 37.1 Å². The summed E-state index contributed by atoms with van der Waals surface area (Å²) in [6.07, 6.45) is -2.58. The Labute approximate surface area is 194 Å². The number of carbonyl (C=O) groups excluding carboxylic acids is 1. The third-order valence-corrected chi connectivity index (χ3v) is 5.71. The molecule has 4 unspecified atom stereocenters. The molecule has 33 heavy (non-hydrogen) atoms. The van der Waals surface area contributed by atoms with Crippen LogP contribution in [0.15, 0.2) is 54.6 Å². The summed E-state index contributed by atoms with van der Waals surface area (Å²) in [5.41, 5.74) is 2.09. The third-order valence-electron chi connectivity index (χ3n) is 5.71. The van der Waals surface area contributed by atoms with Crippen LogP contribution < -0.4 is 4.74 Å². The molecule has 0 saturated carbocycles. The van der Waals surface area contributed by atoms with E-state index in [9.17, 15) is 9.90 Å². The molecule has 0 radical (unpaired) electrons. The number of nitrogens with zero attached hydrogens (tertiary/aromatic N) is 1. The molecule has 2 fully saturated rings. The van der Waals surface area contributed by atoms with Crippen LogP contribution >= 0.6 is 0 Å². The Hall–Kier alpha value is -2.49. The van der Waals surface area contributed by atoms with Gasteiger partial charge in [-0.25, -0.2) is 0 Å². The van der Waals surface area contributed by atoms with Crippen molar-refractivity contribution >= 4 is 5.97 Å². The first kappa shape index (κ1) is 23.7. The van der Waals surface area contributed by atoms with E-state index in [1.165, 1.54) is 7.11 Å². The number of aliphatic hydroxyl groups excluding tert-OH is 1. The van der Waals surface area contributed by atoms with Crippen LogP contribution in [0.1, 0.15) is 25.0 Å². The number of aliphatic hydroxyl groups is 1. The van der Waals surface area contributed by atoms with Crippen molar-refractivity contribution in [1.82, 2.24) is 4.90 Å². The first-order valence-electron chi connectivity index (χ1n) is 11.1. The van der Waals surface area contributed by atoms with Crippen molar-refractivity contribution in [3.63, 3.8) is 0 Å². The lowest BCUT2D eigenvalue weighted by Crippen LogP contribution is -2.43. The lowest BCUT2D eigenvalue weighted by Gasteiger charge is -2.28. The second kappa shape index (κ2) is 10.2. The number of methoxy groups -OCH3 is 1. The number of benzene rings is 2. The van der Waals surface area contributed by atoms with Crippen molar-refractivity contribution in [2.24, 2.45) is 0 Å². The van der Waals surface area contributed by atoms with Crippen LogP contribution in [0.25, 0.3) is 0 Å². The van der Waals surface area contributed by atoms with E-state index in [0.29, 0.717) is 19.7 Å². The number of carbonyl (C=O) groups is 1. The van der Waals surface area contributed by atoms with E-state index in [0.717, 1.165) is 16.9 Å². The van der Waals surface area contributed by atoms with Crippen LogP contribution in [0, 0.1) is 0 Å². The summed E-state index contributed by atoms with van der Waals surface area (Å²) in [5.74, 6) is -0.391. The molecule has 2 aromatic carbocycles. The Morgan fingerprint density at radius 3 is 2.45 bits per heavy atom. The average molecular weight is 458 g/mol. The Kier molecular flexibility index (Phi) is 7.31. The van der Waals surface area contributed by atoms with Gasteiger partial charge in [0, 0.05) is 13.1 Å². The van der Waals surface area contributed by atoms with E-state index in [1.54, 1.807) is 13.8 Å². The molecule has 0 amide bonds. The zero-order chi connectivity index (χ0) is 23.4. The highest BCUT2D eigenvalue weighted by Gasteiger charge is 2.54. The molecule has 0 aromatic heterocycles. The van der Waals surface area contributed by atoms with Crippen LogP contribution in [0.2, 0.25) is 0 Å². The quantitative estimate of drug-likeness (QED) is 0.575. The molecular weight excluding hydrogens is 426 g/mol. The molecule has 2 aromatic rings. The molecule has 0 aliphatic carbocycles. The number of fused-ring (bicyclic) bond motifs is 1. The van der Waals surface area contributed by atoms with Crippen LogP contribution in [-0.4, -0.2) is 66.6 Å². The molecule has 0 spiro atoms. The summed E-state index contributed by atoms with van der Waals surface area (Å²) in [6.45, 7) is 4.93. The standard InChI is InChI=1S/C25H31NO7/c1-25(2)32-23-22(28)20(31-24(23)33-25)14-26(15-21(27)29-3)13-17-9-11-19(12-10-17)30-16-18-7-5-4-6-8-18/h4-12,20,22-24,28H,13-16H2,1-3H3. The summed E-state index contributed by atoms with van der Waals surface area (Å²) in [7, 11) is 1.36. The van der Waals surface area contributed by atoms with Gasteiger partial charge in [0.1, 0.15) is 30.7 Å². The highest BCUT2D eigenvalue weighted by molar-refractivity contribution is 5.71. The molecule has 1 N–H and O–H groups in total. The van der Waals surface area contributed by atoms with E-state index in [1.807, 2.05) is 59.5 Å². The van der Waals surface area contributed by atoms with Gasteiger partial charge in [0.05, 0.1) is 13.7 Å². The molecule has 2 aliphatic rings. The molecule has 178 valence electrons. The molecule has 2 saturated heterocycles. The van der Waals surface area contributed by atoms with Crippen molar-refractivity contribution in [1.29, 1.82) is 0 Å². The molecule has 2 heterocycles. The normalized spacial score (nSPS) is 25.7. The highest BCUT2D eigenvalue weighted by Crippen LogP contribution is 2.37. The fraction of sp³-hybridized carbons (Fsp3) is 0.480. The maximum absolute atomic E-state index is 12.0. The SMILES string of the molecule is COC(=O)CN(Cc1ccc(OCc2ccccc2)cc1)CC1OC2OC(C)(C)OC2C1O. The van der Waals surface area contributed by atoms with Crippen molar-refractivity contribution in [3.05, 3.63) is 65.7 Å². The van der Waals surface area contributed by atoms with Crippen LogP contribution in [0.4, 0.5) is 0 Å². The van der Waals surface area contributed by atoms with Crippen molar-refractivity contribution in [3.8, 4) is 5.75 Å². The fourth-order valence-electron chi connectivity index (χ4n) is 4.09. The number of rotatable bonds is 9. The van der Waals surface area contributed by atoms with Gasteiger partial charge in [-0.1, -0.05) is 42.5 Å². The second-order valence-corrected chi connectivity index (χ2v) is 8.80. The Morgan fingerprint density at radius 1 is 1.06 bits per heavy atom. The first-order chi connectivity index (χ1) is 15.8. The van der Waals surface area contributed by atoms with Crippen molar-refractivity contribution in [2.45, 2.75) is 57.4 Å². The van der Waals surface area contributed by atoms with Crippen LogP contribution in [0.5, 0.6) is 5.75 Å². The van der Waals surface area contributed by atoms with E-state index >= 15 is 0 Å². The van der Waals surface area contributed by atoms with Gasteiger partial charge >= 0.3 is 5.97 Å². The minimum absolute atomic E-state index is 0.0673. The first-order valence-corrected chi connectivity index (χ1v) is 11.1. The molecule has 4 atom stereocenters. The van der Waals surface area contributed by atoms with Crippen molar-refractivity contribution < 1.29 is 33.6 Å². The topological polar surface area (TPSA) is 86.7 Å². The second-order valence-electron chi connectivity index (χ2n) is 8.80. The lowest BCUT2D eigenvalue weighted by molar-refractivity contribution is -0.216. The van der Waals surface area contributed by atoms with Crippen LogP contribution in [0.3, 0.4) is 0 Å². The minimum Gasteiger partial charge on any atom is -0.489 e. The van der Waals surface area contributed by atoms with Gasteiger partial charge in [0.15, 0.2) is 12.1 Å². The summed E-state index contributed by atoms with van der Waals surface area (Å²) < 4.78 is 28.1. The van der Waals surface area contributed by atoms with Gasteiger partial charge in [-0.3, -0.25) is 9.69 Å². The van der Waals surface area contributed by atoms with Crippen molar-refractivity contribution in [2.75, 3.05) is 20.2 Å². The van der Waals surface area contributed by atoms with E-state index in [-0.39, 0.29) is 12.5 Å². The maximum atomic E-state index is 12.0. The maximum Gasteiger partial charge on any atom is 0.319 e. The third kappa shape index (κ3) is 6.10. The molecule has 8 heteroatoms. The van der Waals surface area contributed by atoms with Crippen LogP contribution in [-0.2, 0) is 36.9 Å². The predicted octanol–water partition coefficient (Wildman–Crippen LogP) is 2.48. The van der Waals surface area contributed by atoms with Gasteiger partial charge < -0.3 is 28.8 Å². The van der Waals surface area contributed by atoms with Gasteiger partial charge in [0.2, 0.25) is 0 Å². The molecule has 2 aliphatic heterocycles. The minimum atomic E-state index is -0.856. The monoisotopic (exact) mass is 457 g/mol. The highest BCUT2D eigenvalue weighted by atomic mass is 16.8. The average Bonchev–Trinajstić information content (AvgIpc) is 3.25. The number of hydrogen-bond acceptors (Lipinski definition) is 8. The van der Waals surface area contributed by atoms with E-state index < -0.39 is 30.4 Å². The molecule has 0 bridgehead atoms. The van der Waals surface area contributed by atoms with Gasteiger partial charge in [-0.2, -0.15) is 0 Å². The molecule has 4 rings (SSSR count). The number of hydrogen-bond donors (Lipinski definition) is 1. The zero-order valence-corrected chi connectivity index (χ0v) is 19.2. The predicted molar refractivity (Wildman–Crippen MR) is 119 cm³/mol. The fourth-order valence-corrected chi connectivity index (χ4v) is 4.09. The summed E-state index contributed by atoms with van der Waals surface area (Å²) >= 11 is 0. The number of ether oxygens (including phenoxy) is 5. The lowest BCUT2D eigenvalue weighted by atomic mass is 10.1. The van der Waals surface area contributed by atoms with Gasteiger partial charge in [-0.15, -0.1) is 0 Å². The van der Waals surface area contributed by atoms with Gasteiger partial charge in [0.25, 0.3) is 0 Å². The number of esters is 1. The van der Waals surface area contributed by atoms with E-state index in [2.05, 4.69) is 0 Å². The van der Waals surface area contributed by atoms with E-state index in [4.69, 9.17) is 23.7 Å². The summed E-state index contributed by atoms with van der Waals surface area (Å²) in [4.78, 5) is 13.9. The zero-order valence-electron chi connectivity index (χ0n) is 19.2. The summed E-state index contributed by atoms with van der Waals surface area (Å²) in [6, 6.07) is 17.7. The Bertz CT molecular complexity index is 918.